The van der Waals surface area contributed by atoms with Crippen molar-refractivity contribution >= 4 is 40.7 Å². The summed E-state index contributed by atoms with van der Waals surface area (Å²) >= 11 is 12.0. The molecule has 0 bridgehead atoms. The van der Waals surface area contributed by atoms with Gasteiger partial charge in [0.25, 0.3) is 0 Å². The summed E-state index contributed by atoms with van der Waals surface area (Å²) in [5.74, 6) is 0.153. The molecule has 3 rings (SSSR count). The molecule has 148 valence electrons. The van der Waals surface area contributed by atoms with Gasteiger partial charge in [-0.1, -0.05) is 23.2 Å². The maximum absolute atomic E-state index is 12.6. The van der Waals surface area contributed by atoms with Gasteiger partial charge < -0.3 is 15.0 Å². The third-order valence-corrected chi connectivity index (χ3v) is 5.87. The predicted molar refractivity (Wildman–Crippen MR) is 106 cm³/mol. The Balaban J connectivity index is 1.50. The largest absolute Gasteiger partial charge is 0.378 e. The lowest BCUT2D eigenvalue weighted by atomic mass is 9.94. The van der Waals surface area contributed by atoms with Crippen molar-refractivity contribution < 1.29 is 14.3 Å². The lowest BCUT2D eigenvalue weighted by molar-refractivity contribution is -0.141. The van der Waals surface area contributed by atoms with E-state index in [1.165, 1.54) is 0 Å². The van der Waals surface area contributed by atoms with Crippen LogP contribution in [0.5, 0.6) is 0 Å². The number of anilines is 1. The number of nitrogens with zero attached hydrogens (tertiary/aromatic N) is 2. The molecule has 6 nitrogen and oxygen atoms in total. The SMILES string of the molecule is CC(C(=O)Nc1ccc(Cl)cc1Cl)N1CCC(C(=O)N2CCOCC2)CC1. The highest BCUT2D eigenvalue weighted by Gasteiger charge is 2.32. The van der Waals surface area contributed by atoms with Crippen LogP contribution in [0.1, 0.15) is 19.8 Å². The zero-order valence-corrected chi connectivity index (χ0v) is 16.9. The molecule has 27 heavy (non-hydrogen) atoms. The zero-order valence-electron chi connectivity index (χ0n) is 15.4. The number of rotatable bonds is 4. The summed E-state index contributed by atoms with van der Waals surface area (Å²) in [5.41, 5.74) is 0.551. The standard InChI is InChI=1S/C19H25Cl2N3O3/c1-13(18(25)22-17-3-2-15(20)12-16(17)21)23-6-4-14(5-7-23)19(26)24-8-10-27-11-9-24/h2-3,12-14H,4-11H2,1H3,(H,22,25). The Bertz CT molecular complexity index is 687. The molecule has 1 unspecified atom stereocenters. The van der Waals surface area contributed by atoms with Gasteiger partial charge in [-0.15, -0.1) is 0 Å². The highest BCUT2D eigenvalue weighted by atomic mass is 35.5. The van der Waals surface area contributed by atoms with Crippen molar-refractivity contribution in [2.75, 3.05) is 44.7 Å². The fraction of sp³-hybridized carbons (Fsp3) is 0.579. The highest BCUT2D eigenvalue weighted by Crippen LogP contribution is 2.26. The number of piperidine rings is 1. The molecule has 2 aliphatic rings. The molecule has 0 aliphatic carbocycles. The average Bonchev–Trinajstić information content (AvgIpc) is 2.69. The number of nitrogens with one attached hydrogen (secondary N) is 1. The van der Waals surface area contributed by atoms with Crippen molar-refractivity contribution in [2.24, 2.45) is 5.92 Å². The van der Waals surface area contributed by atoms with Crippen LogP contribution >= 0.6 is 23.2 Å². The van der Waals surface area contributed by atoms with E-state index in [0.29, 0.717) is 42.0 Å². The highest BCUT2D eigenvalue weighted by molar-refractivity contribution is 6.36. The molecule has 1 N–H and O–H groups in total. The molecule has 0 saturated carbocycles. The van der Waals surface area contributed by atoms with Crippen LogP contribution in [-0.2, 0) is 14.3 Å². The summed E-state index contributed by atoms with van der Waals surface area (Å²) in [4.78, 5) is 29.2. The third-order valence-electron chi connectivity index (χ3n) is 5.32. The molecule has 1 atom stereocenters. The molecule has 2 heterocycles. The van der Waals surface area contributed by atoms with Crippen LogP contribution in [0.25, 0.3) is 0 Å². The topological polar surface area (TPSA) is 61.9 Å². The smallest absolute Gasteiger partial charge is 0.241 e. The summed E-state index contributed by atoms with van der Waals surface area (Å²) in [5, 5.41) is 3.80. The van der Waals surface area contributed by atoms with Gasteiger partial charge in [-0.3, -0.25) is 14.5 Å². The van der Waals surface area contributed by atoms with Gasteiger partial charge in [0, 0.05) is 24.0 Å². The normalized spacial score (nSPS) is 20.3. The van der Waals surface area contributed by atoms with E-state index >= 15 is 0 Å². The fourth-order valence-electron chi connectivity index (χ4n) is 3.57. The molecule has 1 aromatic carbocycles. The Morgan fingerprint density at radius 3 is 2.44 bits per heavy atom. The monoisotopic (exact) mass is 413 g/mol. The van der Waals surface area contributed by atoms with Crippen molar-refractivity contribution in [3.63, 3.8) is 0 Å². The van der Waals surface area contributed by atoms with Gasteiger partial charge in [0.2, 0.25) is 11.8 Å². The number of hydrogen-bond acceptors (Lipinski definition) is 4. The Morgan fingerprint density at radius 1 is 1.15 bits per heavy atom. The predicted octanol–water partition coefficient (Wildman–Crippen LogP) is 2.89. The second kappa shape index (κ2) is 9.24. The molecule has 8 heteroatoms. The van der Waals surface area contributed by atoms with E-state index in [-0.39, 0.29) is 23.8 Å². The number of carbonyl (C=O) groups is 2. The first-order chi connectivity index (χ1) is 13.0. The molecule has 2 fully saturated rings. The van der Waals surface area contributed by atoms with E-state index in [9.17, 15) is 9.59 Å². The van der Waals surface area contributed by atoms with Gasteiger partial charge in [-0.05, 0) is 51.1 Å². The van der Waals surface area contributed by atoms with E-state index in [2.05, 4.69) is 10.2 Å². The Hall–Kier alpha value is -1.34. The molecular formula is C19H25Cl2N3O3. The number of ether oxygens (including phenoxy) is 1. The first kappa shape index (κ1) is 20.4. The van der Waals surface area contributed by atoms with Crippen LogP contribution in [0, 0.1) is 5.92 Å². The van der Waals surface area contributed by atoms with Crippen LogP contribution < -0.4 is 5.32 Å². The van der Waals surface area contributed by atoms with Crippen LogP contribution in [0.2, 0.25) is 10.0 Å². The maximum Gasteiger partial charge on any atom is 0.241 e. The summed E-state index contributed by atoms with van der Waals surface area (Å²) in [7, 11) is 0. The Kier molecular flexibility index (Phi) is 6.98. The van der Waals surface area contributed by atoms with Crippen molar-refractivity contribution in [1.29, 1.82) is 0 Å². The zero-order chi connectivity index (χ0) is 19.4. The molecule has 1 aromatic rings. The lowest BCUT2D eigenvalue weighted by Crippen LogP contribution is -2.50. The number of benzene rings is 1. The summed E-state index contributed by atoms with van der Waals surface area (Å²) in [6, 6.07) is 4.70. The fourth-order valence-corrected chi connectivity index (χ4v) is 4.03. The second-order valence-electron chi connectivity index (χ2n) is 7.04. The summed E-state index contributed by atoms with van der Waals surface area (Å²) in [6.45, 7) is 5.93. The molecule has 2 saturated heterocycles. The first-order valence-corrected chi connectivity index (χ1v) is 10.1. The molecule has 2 amide bonds. The molecular weight excluding hydrogens is 389 g/mol. The van der Waals surface area contributed by atoms with Gasteiger partial charge in [-0.25, -0.2) is 0 Å². The van der Waals surface area contributed by atoms with Crippen LogP contribution in [0.3, 0.4) is 0 Å². The van der Waals surface area contributed by atoms with Gasteiger partial charge in [0.1, 0.15) is 0 Å². The maximum atomic E-state index is 12.6. The Morgan fingerprint density at radius 2 is 1.81 bits per heavy atom. The van der Waals surface area contributed by atoms with Gasteiger partial charge in [0.05, 0.1) is 30.0 Å². The van der Waals surface area contributed by atoms with Crippen molar-refractivity contribution in [3.8, 4) is 0 Å². The van der Waals surface area contributed by atoms with E-state index in [1.807, 2.05) is 11.8 Å². The van der Waals surface area contributed by atoms with Gasteiger partial charge in [0.15, 0.2) is 0 Å². The van der Waals surface area contributed by atoms with E-state index in [1.54, 1.807) is 18.2 Å². The van der Waals surface area contributed by atoms with Crippen molar-refractivity contribution in [1.82, 2.24) is 9.80 Å². The molecule has 2 aliphatic heterocycles. The van der Waals surface area contributed by atoms with E-state index < -0.39 is 0 Å². The third kappa shape index (κ3) is 5.13. The number of hydrogen-bond donors (Lipinski definition) is 1. The first-order valence-electron chi connectivity index (χ1n) is 9.32. The minimum Gasteiger partial charge on any atom is -0.378 e. The number of morpholine rings is 1. The minimum absolute atomic E-state index is 0.0420. The van der Waals surface area contributed by atoms with Crippen LogP contribution in [-0.4, -0.2) is 67.0 Å². The molecule has 0 spiro atoms. The van der Waals surface area contributed by atoms with E-state index in [4.69, 9.17) is 27.9 Å². The minimum atomic E-state index is -0.295. The molecule has 0 radical (unpaired) electrons. The van der Waals surface area contributed by atoms with Gasteiger partial charge >= 0.3 is 0 Å². The number of carbonyl (C=O) groups excluding carboxylic acids is 2. The number of halogens is 2. The van der Waals surface area contributed by atoms with Crippen LogP contribution in [0.4, 0.5) is 5.69 Å². The van der Waals surface area contributed by atoms with Crippen molar-refractivity contribution in [2.45, 2.75) is 25.8 Å². The van der Waals surface area contributed by atoms with Crippen LogP contribution in [0.15, 0.2) is 18.2 Å². The van der Waals surface area contributed by atoms with Gasteiger partial charge in [-0.2, -0.15) is 0 Å². The summed E-state index contributed by atoms with van der Waals surface area (Å²) < 4.78 is 5.31. The second-order valence-corrected chi connectivity index (χ2v) is 7.88. The molecule has 0 aromatic heterocycles. The average molecular weight is 414 g/mol. The summed E-state index contributed by atoms with van der Waals surface area (Å²) in [6.07, 6.45) is 1.55. The van der Waals surface area contributed by atoms with Crippen molar-refractivity contribution in [3.05, 3.63) is 28.2 Å². The quantitative estimate of drug-likeness (QED) is 0.823. The number of likely N-dealkylation sites (tertiary alicyclic amines) is 1. The van der Waals surface area contributed by atoms with E-state index in [0.717, 1.165) is 25.9 Å². The lowest BCUT2D eigenvalue weighted by Gasteiger charge is -2.37. The Labute approximate surface area is 169 Å². The number of amides is 2.